The van der Waals surface area contributed by atoms with Crippen LogP contribution in [0.15, 0.2) is 30.3 Å². The summed E-state index contributed by atoms with van der Waals surface area (Å²) in [5, 5.41) is 0. The lowest BCUT2D eigenvalue weighted by Crippen LogP contribution is -2.41. The van der Waals surface area contributed by atoms with Gasteiger partial charge in [-0.3, -0.25) is 10.2 Å². The van der Waals surface area contributed by atoms with E-state index in [1.807, 2.05) is 35.2 Å². The van der Waals surface area contributed by atoms with Crippen LogP contribution in [0.4, 0.5) is 0 Å². The third kappa shape index (κ3) is 3.28. The third-order valence-corrected chi connectivity index (χ3v) is 3.19. The number of hydrogen-bond donors (Lipinski definition) is 2. The fraction of sp³-hybridized carbons (Fsp3) is 0.364. The number of rotatable bonds is 4. The molecule has 0 radical (unpaired) electrons. The van der Waals surface area contributed by atoms with Gasteiger partial charge in [0.2, 0.25) is 15.9 Å². The molecule has 2 unspecified atom stereocenters. The predicted octanol–water partition coefficient (Wildman–Crippen LogP) is 0.370. The first-order valence-corrected chi connectivity index (χ1v) is 7.18. The van der Waals surface area contributed by atoms with Crippen molar-refractivity contribution < 1.29 is 13.2 Å². The van der Waals surface area contributed by atoms with Crippen molar-refractivity contribution in [2.45, 2.75) is 12.3 Å². The number of amides is 1. The van der Waals surface area contributed by atoms with E-state index in [1.54, 1.807) is 0 Å². The standard InChI is InChI=1S/C11H14N2O3S/c1-17(15,16)13-12-11(14)10-7-9(10)8-5-3-2-4-6-8/h2-6,9-10,13H,7H2,1H3,(H,12,14). The number of sulfonamides is 1. The van der Waals surface area contributed by atoms with Gasteiger partial charge in [-0.05, 0) is 17.9 Å². The zero-order valence-electron chi connectivity index (χ0n) is 9.38. The average molecular weight is 254 g/mol. The number of benzene rings is 1. The third-order valence-electron chi connectivity index (χ3n) is 2.71. The normalized spacial score (nSPS) is 23.1. The topological polar surface area (TPSA) is 75.3 Å². The summed E-state index contributed by atoms with van der Waals surface area (Å²) in [6.07, 6.45) is 1.76. The van der Waals surface area contributed by atoms with E-state index in [9.17, 15) is 13.2 Å². The van der Waals surface area contributed by atoms with E-state index < -0.39 is 10.0 Å². The fourth-order valence-electron chi connectivity index (χ4n) is 1.79. The monoisotopic (exact) mass is 254 g/mol. The van der Waals surface area contributed by atoms with Gasteiger partial charge in [0, 0.05) is 5.92 Å². The predicted molar refractivity (Wildman–Crippen MR) is 63.4 cm³/mol. The molecule has 2 N–H and O–H groups in total. The molecule has 0 aliphatic heterocycles. The van der Waals surface area contributed by atoms with E-state index in [0.29, 0.717) is 0 Å². The molecular formula is C11H14N2O3S. The molecule has 0 bridgehead atoms. The summed E-state index contributed by atoms with van der Waals surface area (Å²) in [6.45, 7) is 0. The first-order valence-electron chi connectivity index (χ1n) is 5.29. The summed E-state index contributed by atoms with van der Waals surface area (Å²) in [6, 6.07) is 9.73. The zero-order valence-corrected chi connectivity index (χ0v) is 10.2. The minimum absolute atomic E-state index is 0.133. The molecule has 1 aliphatic carbocycles. The van der Waals surface area contributed by atoms with Gasteiger partial charge in [-0.15, -0.1) is 4.83 Å². The van der Waals surface area contributed by atoms with Gasteiger partial charge in [0.25, 0.3) is 0 Å². The van der Waals surface area contributed by atoms with Gasteiger partial charge >= 0.3 is 0 Å². The van der Waals surface area contributed by atoms with Crippen molar-refractivity contribution in [2.75, 3.05) is 6.26 Å². The highest BCUT2D eigenvalue weighted by Crippen LogP contribution is 2.47. The van der Waals surface area contributed by atoms with E-state index >= 15 is 0 Å². The van der Waals surface area contributed by atoms with Crippen molar-refractivity contribution in [1.29, 1.82) is 0 Å². The van der Waals surface area contributed by atoms with Crippen LogP contribution >= 0.6 is 0 Å². The van der Waals surface area contributed by atoms with E-state index in [0.717, 1.165) is 18.2 Å². The molecule has 1 aliphatic rings. The minimum atomic E-state index is -3.39. The van der Waals surface area contributed by atoms with Crippen LogP contribution in [-0.2, 0) is 14.8 Å². The highest BCUT2D eigenvalue weighted by atomic mass is 32.2. The summed E-state index contributed by atoms with van der Waals surface area (Å²) in [5.41, 5.74) is 3.32. The minimum Gasteiger partial charge on any atom is -0.278 e. The van der Waals surface area contributed by atoms with Crippen LogP contribution in [0.3, 0.4) is 0 Å². The Bertz CT molecular complexity index is 513. The number of carbonyl (C=O) groups excluding carboxylic acids is 1. The molecule has 5 nitrogen and oxygen atoms in total. The Morgan fingerprint density at radius 2 is 1.94 bits per heavy atom. The first-order chi connectivity index (χ1) is 7.97. The highest BCUT2D eigenvalue weighted by Gasteiger charge is 2.43. The summed E-state index contributed by atoms with van der Waals surface area (Å²) in [7, 11) is -3.39. The average Bonchev–Trinajstić information content (AvgIpc) is 3.06. The van der Waals surface area contributed by atoms with Crippen LogP contribution in [0.2, 0.25) is 0 Å². The van der Waals surface area contributed by atoms with E-state index in [-0.39, 0.29) is 17.7 Å². The molecule has 0 saturated heterocycles. The molecule has 0 heterocycles. The summed E-state index contributed by atoms with van der Waals surface area (Å²) in [4.78, 5) is 13.6. The maximum absolute atomic E-state index is 11.6. The second kappa shape index (κ2) is 4.46. The van der Waals surface area contributed by atoms with Gasteiger partial charge in [-0.2, -0.15) is 0 Å². The lowest BCUT2D eigenvalue weighted by Gasteiger charge is -2.04. The van der Waals surface area contributed by atoms with E-state index in [4.69, 9.17) is 0 Å². The van der Waals surface area contributed by atoms with Crippen molar-refractivity contribution in [3.63, 3.8) is 0 Å². The fourth-order valence-corrected chi connectivity index (χ4v) is 2.08. The Balaban J connectivity index is 1.89. The molecule has 1 aromatic carbocycles. The molecule has 2 atom stereocenters. The molecule has 2 rings (SSSR count). The van der Waals surface area contributed by atoms with E-state index in [1.165, 1.54) is 0 Å². The summed E-state index contributed by atoms with van der Waals surface area (Å²) < 4.78 is 21.6. The number of carbonyl (C=O) groups is 1. The summed E-state index contributed by atoms with van der Waals surface area (Å²) in [5.74, 6) is -0.200. The molecular weight excluding hydrogens is 240 g/mol. The zero-order chi connectivity index (χ0) is 12.5. The molecule has 0 spiro atoms. The van der Waals surface area contributed by atoms with Gasteiger partial charge in [0.15, 0.2) is 0 Å². The second-order valence-corrected chi connectivity index (χ2v) is 5.97. The van der Waals surface area contributed by atoms with Crippen molar-refractivity contribution in [3.05, 3.63) is 35.9 Å². The van der Waals surface area contributed by atoms with Crippen molar-refractivity contribution >= 4 is 15.9 Å². The van der Waals surface area contributed by atoms with Crippen molar-refractivity contribution in [2.24, 2.45) is 5.92 Å². The highest BCUT2D eigenvalue weighted by molar-refractivity contribution is 7.88. The van der Waals surface area contributed by atoms with Gasteiger partial charge in [-0.25, -0.2) is 8.42 Å². The van der Waals surface area contributed by atoms with Crippen LogP contribution in [0.25, 0.3) is 0 Å². The van der Waals surface area contributed by atoms with Gasteiger partial charge in [0.05, 0.1) is 6.26 Å². The number of nitrogens with one attached hydrogen (secondary N) is 2. The van der Waals surface area contributed by atoms with Crippen LogP contribution in [-0.4, -0.2) is 20.6 Å². The smallest absolute Gasteiger partial charge is 0.238 e. The van der Waals surface area contributed by atoms with Crippen LogP contribution in [0, 0.1) is 5.92 Å². The summed E-state index contributed by atoms with van der Waals surface area (Å²) >= 11 is 0. The molecule has 1 aromatic rings. The molecule has 17 heavy (non-hydrogen) atoms. The Morgan fingerprint density at radius 3 is 2.53 bits per heavy atom. The number of hydrazine groups is 1. The number of hydrogen-bond acceptors (Lipinski definition) is 3. The van der Waals surface area contributed by atoms with Crippen LogP contribution < -0.4 is 10.3 Å². The molecule has 1 amide bonds. The molecule has 1 saturated carbocycles. The molecule has 1 fully saturated rings. The molecule has 6 heteroatoms. The lowest BCUT2D eigenvalue weighted by molar-refractivity contribution is -0.122. The van der Waals surface area contributed by atoms with E-state index in [2.05, 4.69) is 5.43 Å². The van der Waals surface area contributed by atoms with Gasteiger partial charge in [-0.1, -0.05) is 30.3 Å². The maximum atomic E-state index is 11.6. The maximum Gasteiger partial charge on any atom is 0.238 e. The van der Waals surface area contributed by atoms with Gasteiger partial charge < -0.3 is 0 Å². The van der Waals surface area contributed by atoms with Crippen LogP contribution in [0.5, 0.6) is 0 Å². The Hall–Kier alpha value is -1.40. The Morgan fingerprint density at radius 1 is 1.29 bits per heavy atom. The Kier molecular flexibility index (Phi) is 3.17. The van der Waals surface area contributed by atoms with Crippen molar-refractivity contribution in [1.82, 2.24) is 10.3 Å². The van der Waals surface area contributed by atoms with Gasteiger partial charge in [0.1, 0.15) is 0 Å². The Labute approximate surface area is 100 Å². The van der Waals surface area contributed by atoms with Crippen molar-refractivity contribution in [3.8, 4) is 0 Å². The quantitative estimate of drug-likeness (QED) is 0.762. The first kappa shape index (κ1) is 12.1. The molecule has 92 valence electrons. The van der Waals surface area contributed by atoms with Crippen LogP contribution in [0.1, 0.15) is 17.9 Å². The lowest BCUT2D eigenvalue weighted by atomic mass is 10.1. The second-order valence-electron chi connectivity index (χ2n) is 4.22. The SMILES string of the molecule is CS(=O)(=O)NNC(=O)C1CC1c1ccccc1. The molecule has 0 aromatic heterocycles. The largest absolute Gasteiger partial charge is 0.278 e.